The number of carbonyl (C=O) groups is 1. The van der Waals surface area contributed by atoms with Crippen molar-refractivity contribution in [2.24, 2.45) is 0 Å². The van der Waals surface area contributed by atoms with E-state index in [-0.39, 0.29) is 11.9 Å². The summed E-state index contributed by atoms with van der Waals surface area (Å²) >= 11 is 0. The zero-order chi connectivity index (χ0) is 18.5. The Labute approximate surface area is 156 Å². The van der Waals surface area contributed by atoms with E-state index in [1.165, 1.54) is 19.3 Å². The van der Waals surface area contributed by atoms with Crippen LogP contribution in [0.25, 0.3) is 0 Å². The number of hydrogen-bond donors (Lipinski definition) is 0. The van der Waals surface area contributed by atoms with Gasteiger partial charge in [-0.1, -0.05) is 19.3 Å². The monoisotopic (exact) mass is 355 g/mol. The molecule has 6 nitrogen and oxygen atoms in total. The van der Waals surface area contributed by atoms with Gasteiger partial charge in [0.1, 0.15) is 11.9 Å². The third kappa shape index (κ3) is 3.99. The lowest BCUT2D eigenvalue weighted by Gasteiger charge is -2.40. The first-order valence-electron chi connectivity index (χ1n) is 9.72. The number of rotatable bonds is 4. The maximum absolute atomic E-state index is 12.9. The van der Waals surface area contributed by atoms with Gasteiger partial charge >= 0.3 is 0 Å². The van der Waals surface area contributed by atoms with E-state index in [1.54, 1.807) is 18.3 Å². The van der Waals surface area contributed by atoms with Crippen LogP contribution in [-0.2, 0) is 4.79 Å². The van der Waals surface area contributed by atoms with Gasteiger partial charge in [-0.15, -0.1) is 0 Å². The minimum absolute atomic E-state index is 0.0942. The molecular formula is C20H29N5O. The minimum atomic E-state index is -0.0942. The molecule has 1 aromatic heterocycles. The molecule has 3 rings (SSSR count). The summed E-state index contributed by atoms with van der Waals surface area (Å²) in [5.41, 5.74) is 0.613. The number of pyridine rings is 1. The average Bonchev–Trinajstić information content (AvgIpc) is 2.73. The molecule has 2 aliphatic rings. The minimum Gasteiger partial charge on any atom is -0.353 e. The summed E-state index contributed by atoms with van der Waals surface area (Å²) in [5.74, 6) is 0.994. The maximum atomic E-state index is 12.9. The molecule has 0 bridgehead atoms. The number of piperazine rings is 1. The van der Waals surface area contributed by atoms with E-state index >= 15 is 0 Å². The number of aromatic nitrogens is 1. The lowest BCUT2D eigenvalue weighted by atomic mass is 9.94. The van der Waals surface area contributed by atoms with Crippen LogP contribution in [0.3, 0.4) is 0 Å². The summed E-state index contributed by atoms with van der Waals surface area (Å²) in [6.45, 7) is 5.23. The highest BCUT2D eigenvalue weighted by atomic mass is 16.2. The van der Waals surface area contributed by atoms with E-state index in [4.69, 9.17) is 0 Å². The number of anilines is 1. The van der Waals surface area contributed by atoms with Gasteiger partial charge < -0.3 is 9.80 Å². The highest BCUT2D eigenvalue weighted by Crippen LogP contribution is 2.23. The summed E-state index contributed by atoms with van der Waals surface area (Å²) in [4.78, 5) is 23.7. The molecular weight excluding hydrogens is 326 g/mol. The van der Waals surface area contributed by atoms with Crippen molar-refractivity contribution < 1.29 is 4.79 Å². The molecule has 1 aliphatic carbocycles. The molecule has 1 saturated carbocycles. The van der Waals surface area contributed by atoms with Crippen LogP contribution in [0.4, 0.5) is 5.82 Å². The van der Waals surface area contributed by atoms with Crippen LogP contribution in [0.5, 0.6) is 0 Å². The summed E-state index contributed by atoms with van der Waals surface area (Å²) in [6, 6.07) is 6.13. The molecule has 1 aromatic rings. The van der Waals surface area contributed by atoms with Crippen LogP contribution in [-0.4, -0.2) is 66.0 Å². The van der Waals surface area contributed by atoms with Crippen LogP contribution >= 0.6 is 0 Å². The largest absolute Gasteiger partial charge is 0.353 e. The fourth-order valence-electron chi connectivity index (χ4n) is 4.16. The highest BCUT2D eigenvalue weighted by molar-refractivity contribution is 5.81. The Morgan fingerprint density at radius 1 is 1.27 bits per heavy atom. The van der Waals surface area contributed by atoms with Crippen molar-refractivity contribution in [3.05, 3.63) is 23.9 Å². The van der Waals surface area contributed by atoms with Gasteiger partial charge in [-0.2, -0.15) is 5.26 Å². The standard InChI is InChI=1S/C20H29N5O/c1-16(20(26)23(2)18-8-4-3-5-9-18)24-11-13-25(14-12-24)19-17(15-21)7-6-10-22-19/h6-7,10,16,18H,3-5,8-9,11-14H2,1-2H3. The Bertz CT molecular complexity index is 656. The molecule has 2 fully saturated rings. The Hall–Kier alpha value is -2.13. The lowest BCUT2D eigenvalue weighted by Crippen LogP contribution is -2.55. The first-order chi connectivity index (χ1) is 12.6. The van der Waals surface area contributed by atoms with Crippen molar-refractivity contribution in [3.63, 3.8) is 0 Å². The molecule has 1 unspecified atom stereocenters. The molecule has 1 amide bonds. The summed E-state index contributed by atoms with van der Waals surface area (Å²) in [6.07, 6.45) is 7.78. The second-order valence-electron chi connectivity index (χ2n) is 7.43. The van der Waals surface area contributed by atoms with Crippen molar-refractivity contribution in [1.82, 2.24) is 14.8 Å². The number of likely N-dealkylation sites (N-methyl/N-ethyl adjacent to an activating group) is 1. The predicted molar refractivity (Wildman–Crippen MR) is 102 cm³/mol. The van der Waals surface area contributed by atoms with E-state index in [9.17, 15) is 10.1 Å². The third-order valence-electron chi connectivity index (χ3n) is 5.90. The van der Waals surface area contributed by atoms with E-state index in [0.29, 0.717) is 11.6 Å². The van der Waals surface area contributed by atoms with Crippen molar-refractivity contribution in [2.75, 3.05) is 38.1 Å². The van der Waals surface area contributed by atoms with Crippen molar-refractivity contribution in [2.45, 2.75) is 51.1 Å². The SMILES string of the molecule is CC(C(=O)N(C)C1CCCCC1)N1CCN(c2ncccc2C#N)CC1. The number of hydrogen-bond acceptors (Lipinski definition) is 5. The second-order valence-corrected chi connectivity index (χ2v) is 7.43. The number of nitrogens with zero attached hydrogens (tertiary/aromatic N) is 5. The molecule has 0 radical (unpaired) electrons. The van der Waals surface area contributed by atoms with E-state index in [2.05, 4.69) is 20.9 Å². The molecule has 140 valence electrons. The van der Waals surface area contributed by atoms with Gasteiger partial charge in [-0.3, -0.25) is 9.69 Å². The van der Waals surface area contributed by atoms with E-state index < -0.39 is 0 Å². The Kier molecular flexibility index (Phi) is 6.10. The van der Waals surface area contributed by atoms with Crippen LogP contribution < -0.4 is 4.90 Å². The molecule has 6 heteroatoms. The molecule has 1 aliphatic heterocycles. The van der Waals surface area contributed by atoms with Gasteiger partial charge in [0, 0.05) is 45.5 Å². The fraction of sp³-hybridized carbons (Fsp3) is 0.650. The van der Waals surface area contributed by atoms with Crippen molar-refractivity contribution in [3.8, 4) is 6.07 Å². The normalized spacial score (nSPS) is 20.4. The lowest BCUT2D eigenvalue weighted by molar-refractivity contribution is -0.138. The molecule has 1 atom stereocenters. The first kappa shape index (κ1) is 18.7. The quantitative estimate of drug-likeness (QED) is 0.829. The van der Waals surface area contributed by atoms with Gasteiger partial charge in [0.25, 0.3) is 0 Å². The van der Waals surface area contributed by atoms with Gasteiger partial charge in [-0.25, -0.2) is 4.98 Å². The van der Waals surface area contributed by atoms with Crippen LogP contribution in [0, 0.1) is 11.3 Å². The maximum Gasteiger partial charge on any atom is 0.239 e. The predicted octanol–water partition coefficient (Wildman–Crippen LogP) is 2.25. The van der Waals surface area contributed by atoms with Gasteiger partial charge in [0.15, 0.2) is 0 Å². The summed E-state index contributed by atoms with van der Waals surface area (Å²) < 4.78 is 0. The number of carbonyl (C=O) groups excluding carboxylic acids is 1. The molecule has 26 heavy (non-hydrogen) atoms. The highest BCUT2D eigenvalue weighted by Gasteiger charge is 2.31. The Morgan fingerprint density at radius 2 is 1.96 bits per heavy atom. The van der Waals surface area contributed by atoms with Crippen molar-refractivity contribution in [1.29, 1.82) is 5.26 Å². The zero-order valence-electron chi connectivity index (χ0n) is 15.9. The van der Waals surface area contributed by atoms with Gasteiger partial charge in [0.05, 0.1) is 11.6 Å². The van der Waals surface area contributed by atoms with Crippen molar-refractivity contribution >= 4 is 11.7 Å². The van der Waals surface area contributed by atoms with Gasteiger partial charge in [-0.05, 0) is 31.9 Å². The first-order valence-corrected chi connectivity index (χ1v) is 9.72. The third-order valence-corrected chi connectivity index (χ3v) is 5.90. The van der Waals surface area contributed by atoms with Crippen LogP contribution in [0.2, 0.25) is 0 Å². The molecule has 0 N–H and O–H groups in total. The summed E-state index contributed by atoms with van der Waals surface area (Å²) in [7, 11) is 1.97. The average molecular weight is 355 g/mol. The van der Waals surface area contributed by atoms with Gasteiger partial charge in [0.2, 0.25) is 5.91 Å². The zero-order valence-corrected chi connectivity index (χ0v) is 15.9. The molecule has 0 spiro atoms. The Balaban J connectivity index is 1.57. The number of nitriles is 1. The molecule has 1 saturated heterocycles. The van der Waals surface area contributed by atoms with Crippen LogP contribution in [0.1, 0.15) is 44.6 Å². The smallest absolute Gasteiger partial charge is 0.239 e. The topological polar surface area (TPSA) is 63.5 Å². The Morgan fingerprint density at radius 3 is 2.62 bits per heavy atom. The van der Waals surface area contributed by atoms with E-state index in [0.717, 1.165) is 44.8 Å². The van der Waals surface area contributed by atoms with E-state index in [1.807, 2.05) is 18.9 Å². The fourth-order valence-corrected chi connectivity index (χ4v) is 4.16. The molecule has 0 aromatic carbocycles. The second kappa shape index (κ2) is 8.50. The summed E-state index contributed by atoms with van der Waals surface area (Å²) in [5, 5.41) is 9.27. The number of amides is 1. The molecule has 2 heterocycles. The van der Waals surface area contributed by atoms with Crippen LogP contribution in [0.15, 0.2) is 18.3 Å².